The quantitative estimate of drug-likeness (QED) is 0.418. The first-order valence-corrected chi connectivity index (χ1v) is 8.36. The molecule has 1 unspecified atom stereocenters. The number of nitriles is 1. The fourth-order valence-corrected chi connectivity index (χ4v) is 2.72. The van der Waals surface area contributed by atoms with Gasteiger partial charge in [-0.15, -0.1) is 24.0 Å². The van der Waals surface area contributed by atoms with Crippen LogP contribution in [0.4, 0.5) is 0 Å². The van der Waals surface area contributed by atoms with E-state index in [0.29, 0.717) is 18.0 Å². The number of likely N-dealkylation sites (tertiary alicyclic amines) is 1. The van der Waals surface area contributed by atoms with Crippen molar-refractivity contribution in [1.29, 1.82) is 5.26 Å². The molecule has 2 rings (SSSR count). The molecule has 0 spiro atoms. The van der Waals surface area contributed by atoms with Crippen LogP contribution in [0.3, 0.4) is 0 Å². The summed E-state index contributed by atoms with van der Waals surface area (Å²) < 4.78 is 5.54. The Bertz CT molecular complexity index is 553. The molecule has 1 fully saturated rings. The molecule has 1 aromatic rings. The zero-order valence-corrected chi connectivity index (χ0v) is 16.8. The van der Waals surface area contributed by atoms with E-state index < -0.39 is 0 Å². The standard InChI is InChI=1S/C18H26N4O.HI/c1-3-20-18(22-10-9-17(13-22)14-23-4-2)21-12-16-7-5-15(11-19)6-8-16;/h5-8,17H,3-4,9-10,12-14H2,1-2H3,(H,20,21);1H. The number of nitrogens with one attached hydrogen (secondary N) is 1. The molecule has 1 heterocycles. The molecule has 5 nitrogen and oxygen atoms in total. The first-order chi connectivity index (χ1) is 11.3. The molecule has 1 N–H and O–H groups in total. The average Bonchev–Trinajstić information content (AvgIpc) is 3.06. The summed E-state index contributed by atoms with van der Waals surface area (Å²) in [5.41, 5.74) is 1.80. The maximum absolute atomic E-state index is 8.84. The monoisotopic (exact) mass is 442 g/mol. The van der Waals surface area contributed by atoms with Crippen LogP contribution in [0.5, 0.6) is 0 Å². The van der Waals surface area contributed by atoms with E-state index in [-0.39, 0.29) is 24.0 Å². The number of rotatable bonds is 6. The minimum atomic E-state index is 0. The predicted molar refractivity (Wildman–Crippen MR) is 108 cm³/mol. The minimum Gasteiger partial charge on any atom is -0.381 e. The lowest BCUT2D eigenvalue weighted by Gasteiger charge is -2.21. The van der Waals surface area contributed by atoms with Crippen LogP contribution in [-0.2, 0) is 11.3 Å². The first kappa shape index (κ1) is 20.7. The van der Waals surface area contributed by atoms with Crippen LogP contribution < -0.4 is 5.32 Å². The first-order valence-electron chi connectivity index (χ1n) is 8.36. The lowest BCUT2D eigenvalue weighted by molar-refractivity contribution is 0.114. The number of hydrogen-bond donors (Lipinski definition) is 1. The van der Waals surface area contributed by atoms with E-state index in [1.54, 1.807) is 0 Å². The van der Waals surface area contributed by atoms with Gasteiger partial charge in [0.1, 0.15) is 0 Å². The third kappa shape index (κ3) is 6.29. The zero-order chi connectivity index (χ0) is 16.5. The Hall–Kier alpha value is -1.33. The fourth-order valence-electron chi connectivity index (χ4n) is 2.72. The highest BCUT2D eigenvalue weighted by molar-refractivity contribution is 14.0. The van der Waals surface area contributed by atoms with Crippen molar-refractivity contribution >= 4 is 29.9 Å². The van der Waals surface area contributed by atoms with Gasteiger partial charge in [0.2, 0.25) is 0 Å². The lowest BCUT2D eigenvalue weighted by atomic mass is 10.1. The van der Waals surface area contributed by atoms with Crippen molar-refractivity contribution in [2.45, 2.75) is 26.8 Å². The maximum Gasteiger partial charge on any atom is 0.194 e. The molecular weight excluding hydrogens is 415 g/mol. The molecule has 1 aliphatic heterocycles. The van der Waals surface area contributed by atoms with E-state index in [2.05, 4.69) is 23.2 Å². The molecule has 0 bridgehead atoms. The van der Waals surface area contributed by atoms with Gasteiger partial charge in [-0.1, -0.05) is 12.1 Å². The molecular formula is C18H27IN4O. The summed E-state index contributed by atoms with van der Waals surface area (Å²) in [6.45, 7) is 9.25. The second kappa shape index (κ2) is 11.3. The van der Waals surface area contributed by atoms with Crippen molar-refractivity contribution in [3.63, 3.8) is 0 Å². The lowest BCUT2D eigenvalue weighted by Crippen LogP contribution is -2.40. The van der Waals surface area contributed by atoms with E-state index in [1.807, 2.05) is 31.2 Å². The molecule has 0 aliphatic carbocycles. The topological polar surface area (TPSA) is 60.7 Å². The number of halogens is 1. The third-order valence-electron chi connectivity index (χ3n) is 3.97. The number of nitrogens with zero attached hydrogens (tertiary/aromatic N) is 3. The molecule has 132 valence electrons. The van der Waals surface area contributed by atoms with E-state index in [9.17, 15) is 0 Å². The van der Waals surface area contributed by atoms with Crippen LogP contribution in [-0.4, -0.2) is 43.7 Å². The summed E-state index contributed by atoms with van der Waals surface area (Å²) in [7, 11) is 0. The SMILES string of the molecule is CCNC(=NCc1ccc(C#N)cc1)N1CCC(COCC)C1.I. The summed E-state index contributed by atoms with van der Waals surface area (Å²) in [6, 6.07) is 9.75. The van der Waals surface area contributed by atoms with Crippen molar-refractivity contribution in [3.05, 3.63) is 35.4 Å². The largest absolute Gasteiger partial charge is 0.381 e. The molecule has 0 aromatic heterocycles. The van der Waals surface area contributed by atoms with Crippen molar-refractivity contribution < 1.29 is 4.74 Å². The van der Waals surface area contributed by atoms with Crippen LogP contribution in [0, 0.1) is 17.2 Å². The summed E-state index contributed by atoms with van der Waals surface area (Å²) in [5, 5.41) is 12.2. The van der Waals surface area contributed by atoms with Crippen LogP contribution in [0.15, 0.2) is 29.3 Å². The van der Waals surface area contributed by atoms with Crippen molar-refractivity contribution in [1.82, 2.24) is 10.2 Å². The summed E-state index contributed by atoms with van der Waals surface area (Å²) in [4.78, 5) is 7.06. The molecule has 1 aliphatic rings. The van der Waals surface area contributed by atoms with Crippen LogP contribution in [0.2, 0.25) is 0 Å². The second-order valence-electron chi connectivity index (χ2n) is 5.74. The fraction of sp³-hybridized carbons (Fsp3) is 0.556. The van der Waals surface area contributed by atoms with E-state index in [0.717, 1.165) is 50.8 Å². The van der Waals surface area contributed by atoms with Crippen molar-refractivity contribution in [3.8, 4) is 6.07 Å². The van der Waals surface area contributed by atoms with Crippen LogP contribution in [0.1, 0.15) is 31.4 Å². The Morgan fingerprint density at radius 3 is 2.75 bits per heavy atom. The highest BCUT2D eigenvalue weighted by Gasteiger charge is 2.24. The smallest absolute Gasteiger partial charge is 0.194 e. The predicted octanol–water partition coefficient (Wildman–Crippen LogP) is 3.00. The molecule has 0 saturated carbocycles. The minimum absolute atomic E-state index is 0. The molecule has 0 amide bonds. The molecule has 0 radical (unpaired) electrons. The number of guanidine groups is 1. The Balaban J connectivity index is 0.00000288. The van der Waals surface area contributed by atoms with Gasteiger partial charge in [0.05, 0.1) is 24.8 Å². The molecule has 1 saturated heterocycles. The van der Waals surface area contributed by atoms with Crippen molar-refractivity contribution in [2.75, 3.05) is 32.8 Å². The maximum atomic E-state index is 8.84. The molecule has 6 heteroatoms. The summed E-state index contributed by atoms with van der Waals surface area (Å²) in [6.07, 6.45) is 1.15. The van der Waals surface area contributed by atoms with Gasteiger partial charge in [0.15, 0.2) is 5.96 Å². The van der Waals surface area contributed by atoms with Gasteiger partial charge in [-0.25, -0.2) is 4.99 Å². The van der Waals surface area contributed by atoms with Crippen LogP contribution >= 0.6 is 24.0 Å². The number of hydrogen-bond acceptors (Lipinski definition) is 3. The molecule has 24 heavy (non-hydrogen) atoms. The Labute approximate surface area is 162 Å². The summed E-state index contributed by atoms with van der Waals surface area (Å²) >= 11 is 0. The second-order valence-corrected chi connectivity index (χ2v) is 5.74. The number of ether oxygens (including phenoxy) is 1. The van der Waals surface area contributed by atoms with Gasteiger partial charge < -0.3 is 15.0 Å². The highest BCUT2D eigenvalue weighted by Crippen LogP contribution is 2.17. The molecule has 1 atom stereocenters. The van der Waals surface area contributed by atoms with Gasteiger partial charge in [0.25, 0.3) is 0 Å². The average molecular weight is 442 g/mol. The van der Waals surface area contributed by atoms with Gasteiger partial charge >= 0.3 is 0 Å². The number of aliphatic imine (C=N–C) groups is 1. The van der Waals surface area contributed by atoms with Gasteiger partial charge in [-0.05, 0) is 38.0 Å². The normalized spacial score (nSPS) is 17.3. The Morgan fingerprint density at radius 2 is 2.12 bits per heavy atom. The Kier molecular flexibility index (Phi) is 9.72. The number of benzene rings is 1. The Morgan fingerprint density at radius 1 is 1.38 bits per heavy atom. The summed E-state index contributed by atoms with van der Waals surface area (Å²) in [5.74, 6) is 1.56. The van der Waals surface area contributed by atoms with Gasteiger partial charge in [0, 0.05) is 32.2 Å². The zero-order valence-electron chi connectivity index (χ0n) is 14.5. The van der Waals surface area contributed by atoms with E-state index >= 15 is 0 Å². The van der Waals surface area contributed by atoms with E-state index in [4.69, 9.17) is 15.0 Å². The van der Waals surface area contributed by atoms with Crippen LogP contribution in [0.25, 0.3) is 0 Å². The van der Waals surface area contributed by atoms with Crippen molar-refractivity contribution in [2.24, 2.45) is 10.9 Å². The highest BCUT2D eigenvalue weighted by atomic mass is 127. The third-order valence-corrected chi connectivity index (χ3v) is 3.97. The van der Waals surface area contributed by atoms with Gasteiger partial charge in [-0.2, -0.15) is 5.26 Å². The van der Waals surface area contributed by atoms with Gasteiger partial charge in [-0.3, -0.25) is 0 Å². The van der Waals surface area contributed by atoms with E-state index in [1.165, 1.54) is 0 Å². The molecule has 1 aromatic carbocycles.